The van der Waals surface area contributed by atoms with Gasteiger partial charge in [0.15, 0.2) is 0 Å². The Morgan fingerprint density at radius 2 is 2.12 bits per heavy atom. The second-order valence-corrected chi connectivity index (χ2v) is 4.05. The van der Waals surface area contributed by atoms with E-state index in [9.17, 15) is 0 Å². The van der Waals surface area contributed by atoms with E-state index in [1.54, 1.807) is 13.3 Å². The van der Waals surface area contributed by atoms with Gasteiger partial charge < -0.3 is 4.74 Å². The lowest BCUT2D eigenvalue weighted by molar-refractivity contribution is 0.415. The van der Waals surface area contributed by atoms with Gasteiger partial charge in [0, 0.05) is 18.8 Å². The highest BCUT2D eigenvalue weighted by molar-refractivity contribution is 6.32. The van der Waals surface area contributed by atoms with E-state index in [4.69, 9.17) is 16.3 Å². The maximum absolute atomic E-state index is 6.12. The SMILES string of the molecule is COc1cc(C)c(-c2ccnn2C)cc1Cl. The van der Waals surface area contributed by atoms with Crippen molar-refractivity contribution in [2.75, 3.05) is 7.11 Å². The summed E-state index contributed by atoms with van der Waals surface area (Å²) in [7, 11) is 3.53. The van der Waals surface area contributed by atoms with Gasteiger partial charge in [-0.2, -0.15) is 5.10 Å². The number of halogens is 1. The molecule has 0 radical (unpaired) electrons. The third kappa shape index (κ3) is 1.78. The molecule has 0 saturated carbocycles. The van der Waals surface area contributed by atoms with E-state index in [1.165, 1.54) is 0 Å². The Morgan fingerprint density at radius 1 is 1.38 bits per heavy atom. The summed E-state index contributed by atoms with van der Waals surface area (Å²) in [6.07, 6.45) is 1.77. The van der Waals surface area contributed by atoms with Crippen LogP contribution in [0.4, 0.5) is 0 Å². The molecule has 1 aromatic heterocycles. The second-order valence-electron chi connectivity index (χ2n) is 3.64. The molecule has 16 heavy (non-hydrogen) atoms. The van der Waals surface area contributed by atoms with Gasteiger partial charge in [-0.05, 0) is 30.7 Å². The molecule has 0 spiro atoms. The van der Waals surface area contributed by atoms with Crippen molar-refractivity contribution in [2.24, 2.45) is 7.05 Å². The van der Waals surface area contributed by atoms with Crippen molar-refractivity contribution >= 4 is 11.6 Å². The van der Waals surface area contributed by atoms with Gasteiger partial charge in [-0.15, -0.1) is 0 Å². The van der Waals surface area contributed by atoms with Crippen LogP contribution in [0.3, 0.4) is 0 Å². The molecule has 1 heterocycles. The number of aromatic nitrogens is 2. The molecule has 2 rings (SSSR count). The average molecular weight is 237 g/mol. The van der Waals surface area contributed by atoms with Crippen molar-refractivity contribution in [3.63, 3.8) is 0 Å². The number of benzene rings is 1. The zero-order chi connectivity index (χ0) is 11.7. The number of hydrogen-bond acceptors (Lipinski definition) is 2. The van der Waals surface area contributed by atoms with Crippen LogP contribution in [-0.2, 0) is 7.05 Å². The highest BCUT2D eigenvalue weighted by atomic mass is 35.5. The van der Waals surface area contributed by atoms with E-state index < -0.39 is 0 Å². The molecule has 0 aliphatic heterocycles. The molecule has 0 atom stereocenters. The first kappa shape index (κ1) is 11.0. The fraction of sp³-hybridized carbons (Fsp3) is 0.250. The van der Waals surface area contributed by atoms with E-state index >= 15 is 0 Å². The largest absolute Gasteiger partial charge is 0.495 e. The minimum atomic E-state index is 0.615. The molecule has 3 nitrogen and oxygen atoms in total. The number of hydrogen-bond donors (Lipinski definition) is 0. The summed E-state index contributed by atoms with van der Waals surface area (Å²) < 4.78 is 7.00. The molecule has 0 aliphatic carbocycles. The fourth-order valence-corrected chi connectivity index (χ4v) is 1.97. The van der Waals surface area contributed by atoms with Crippen molar-refractivity contribution in [3.05, 3.63) is 35.0 Å². The van der Waals surface area contributed by atoms with Gasteiger partial charge in [0.05, 0.1) is 17.8 Å². The van der Waals surface area contributed by atoms with E-state index in [1.807, 2.05) is 36.9 Å². The Balaban J connectivity index is 2.59. The third-order valence-electron chi connectivity index (χ3n) is 2.60. The minimum Gasteiger partial charge on any atom is -0.495 e. The maximum atomic E-state index is 6.12. The summed E-state index contributed by atoms with van der Waals surface area (Å²) in [5.41, 5.74) is 3.23. The van der Waals surface area contributed by atoms with Crippen LogP contribution in [0, 0.1) is 6.92 Å². The van der Waals surface area contributed by atoms with Gasteiger partial charge in [0.1, 0.15) is 5.75 Å². The standard InChI is InChI=1S/C12H13ClN2O/c1-8-6-12(16-3)10(13)7-9(8)11-4-5-14-15(11)2/h4-7H,1-3H3. The topological polar surface area (TPSA) is 27.1 Å². The Hall–Kier alpha value is -1.48. The summed E-state index contributed by atoms with van der Waals surface area (Å²) in [4.78, 5) is 0. The Labute approximate surface area is 99.6 Å². The van der Waals surface area contributed by atoms with Gasteiger partial charge >= 0.3 is 0 Å². The van der Waals surface area contributed by atoms with Crippen LogP contribution in [-0.4, -0.2) is 16.9 Å². The Bertz CT molecular complexity index is 520. The van der Waals surface area contributed by atoms with Crippen molar-refractivity contribution in [2.45, 2.75) is 6.92 Å². The van der Waals surface area contributed by atoms with Crippen LogP contribution in [0.15, 0.2) is 24.4 Å². The number of ether oxygens (including phenoxy) is 1. The second kappa shape index (κ2) is 4.18. The van der Waals surface area contributed by atoms with Crippen LogP contribution in [0.25, 0.3) is 11.3 Å². The van der Waals surface area contributed by atoms with Crippen molar-refractivity contribution in [1.29, 1.82) is 0 Å². The van der Waals surface area contributed by atoms with Crippen LogP contribution < -0.4 is 4.74 Å². The number of nitrogens with zero attached hydrogens (tertiary/aromatic N) is 2. The summed E-state index contributed by atoms with van der Waals surface area (Å²) in [5, 5.41) is 4.76. The van der Waals surface area contributed by atoms with Gasteiger partial charge in [0.2, 0.25) is 0 Å². The minimum absolute atomic E-state index is 0.615. The zero-order valence-corrected chi connectivity index (χ0v) is 10.2. The predicted octanol–water partition coefficient (Wildman–Crippen LogP) is 3.06. The Kier molecular flexibility index (Phi) is 2.88. The molecule has 4 heteroatoms. The quantitative estimate of drug-likeness (QED) is 0.801. The highest BCUT2D eigenvalue weighted by Crippen LogP contribution is 2.32. The first-order valence-corrected chi connectivity index (χ1v) is 5.34. The van der Waals surface area contributed by atoms with E-state index in [2.05, 4.69) is 5.10 Å². The molecule has 0 aliphatic rings. The van der Waals surface area contributed by atoms with Crippen LogP contribution in [0.1, 0.15) is 5.56 Å². The van der Waals surface area contributed by atoms with Crippen molar-refractivity contribution in [3.8, 4) is 17.0 Å². The van der Waals surface area contributed by atoms with Crippen molar-refractivity contribution in [1.82, 2.24) is 9.78 Å². The lowest BCUT2D eigenvalue weighted by Gasteiger charge is -2.10. The third-order valence-corrected chi connectivity index (χ3v) is 2.89. The summed E-state index contributed by atoms with van der Waals surface area (Å²) in [6, 6.07) is 5.81. The monoisotopic (exact) mass is 236 g/mol. The normalized spacial score (nSPS) is 10.5. The number of rotatable bonds is 2. The summed E-state index contributed by atoms with van der Waals surface area (Å²) in [5.74, 6) is 0.699. The molecule has 0 unspecified atom stereocenters. The number of aryl methyl sites for hydroxylation is 2. The van der Waals surface area contributed by atoms with Crippen LogP contribution in [0.2, 0.25) is 5.02 Å². The molecule has 1 aromatic carbocycles. The van der Waals surface area contributed by atoms with Gasteiger partial charge in [-0.25, -0.2) is 0 Å². The Morgan fingerprint density at radius 3 is 2.69 bits per heavy atom. The lowest BCUT2D eigenvalue weighted by Crippen LogP contribution is -1.96. The van der Waals surface area contributed by atoms with E-state index in [0.29, 0.717) is 10.8 Å². The molecule has 0 bridgehead atoms. The fourth-order valence-electron chi connectivity index (χ4n) is 1.73. The average Bonchev–Trinajstić information content (AvgIpc) is 2.67. The summed E-state index contributed by atoms with van der Waals surface area (Å²) in [6.45, 7) is 2.03. The van der Waals surface area contributed by atoms with Gasteiger partial charge in [0.25, 0.3) is 0 Å². The first-order chi connectivity index (χ1) is 7.63. The zero-order valence-electron chi connectivity index (χ0n) is 9.49. The summed E-state index contributed by atoms with van der Waals surface area (Å²) >= 11 is 6.12. The lowest BCUT2D eigenvalue weighted by atomic mass is 10.1. The molecular formula is C12H13ClN2O. The molecule has 2 aromatic rings. The van der Waals surface area contributed by atoms with E-state index in [-0.39, 0.29) is 0 Å². The van der Waals surface area contributed by atoms with Crippen molar-refractivity contribution < 1.29 is 4.74 Å². The maximum Gasteiger partial charge on any atom is 0.137 e. The molecular weight excluding hydrogens is 224 g/mol. The molecule has 84 valence electrons. The molecule has 0 saturated heterocycles. The first-order valence-electron chi connectivity index (χ1n) is 4.96. The van der Waals surface area contributed by atoms with Gasteiger partial charge in [-0.3, -0.25) is 4.68 Å². The molecule has 0 fully saturated rings. The molecule has 0 N–H and O–H groups in total. The highest BCUT2D eigenvalue weighted by Gasteiger charge is 2.10. The molecule has 0 amide bonds. The van der Waals surface area contributed by atoms with E-state index in [0.717, 1.165) is 16.8 Å². The predicted molar refractivity (Wildman–Crippen MR) is 64.9 cm³/mol. The number of methoxy groups -OCH3 is 1. The van der Waals surface area contributed by atoms with Gasteiger partial charge in [-0.1, -0.05) is 11.6 Å². The van der Waals surface area contributed by atoms with Crippen LogP contribution in [0.5, 0.6) is 5.75 Å². The van der Waals surface area contributed by atoms with Crippen LogP contribution >= 0.6 is 11.6 Å². The smallest absolute Gasteiger partial charge is 0.137 e.